The van der Waals surface area contributed by atoms with E-state index < -0.39 is 0 Å². The van der Waals surface area contributed by atoms with Crippen molar-refractivity contribution < 1.29 is 0 Å². The Morgan fingerprint density at radius 3 is 2.32 bits per heavy atom. The molecule has 2 aliphatic carbocycles. The van der Waals surface area contributed by atoms with Crippen LogP contribution in [0.3, 0.4) is 0 Å². The highest BCUT2D eigenvalue weighted by Crippen LogP contribution is 2.53. The number of aromatic nitrogens is 1. The van der Waals surface area contributed by atoms with Gasteiger partial charge in [-0.25, -0.2) is 0 Å². The van der Waals surface area contributed by atoms with Crippen molar-refractivity contribution in [2.45, 2.75) is 72.3 Å². The number of anilines is 2. The zero-order chi connectivity index (χ0) is 36.0. The monoisotopic (exact) mass is 684 g/mol. The van der Waals surface area contributed by atoms with Gasteiger partial charge in [0.1, 0.15) is 0 Å². The lowest BCUT2D eigenvalue weighted by Gasteiger charge is -2.41. The lowest BCUT2D eigenvalue weighted by atomic mass is 9.33. The van der Waals surface area contributed by atoms with Gasteiger partial charge in [-0.1, -0.05) is 133 Å². The van der Waals surface area contributed by atoms with Crippen molar-refractivity contribution in [3.8, 4) is 16.8 Å². The van der Waals surface area contributed by atoms with Gasteiger partial charge in [0.2, 0.25) is 0 Å². The van der Waals surface area contributed by atoms with Gasteiger partial charge >= 0.3 is 0 Å². The van der Waals surface area contributed by atoms with Crippen molar-refractivity contribution in [1.82, 2.24) is 4.57 Å². The third-order valence-corrected chi connectivity index (χ3v) is 12.8. The number of nitrogens with zero attached hydrogens (tertiary/aromatic N) is 2. The van der Waals surface area contributed by atoms with Crippen LogP contribution in [0.15, 0.2) is 127 Å². The minimum Gasteiger partial charge on any atom is -0.334 e. The van der Waals surface area contributed by atoms with Crippen molar-refractivity contribution in [2.24, 2.45) is 5.41 Å². The summed E-state index contributed by atoms with van der Waals surface area (Å²) in [4.78, 5) is 2.77. The molecule has 1 aromatic heterocycles. The molecule has 3 heteroatoms. The van der Waals surface area contributed by atoms with Crippen LogP contribution >= 0.6 is 0 Å². The van der Waals surface area contributed by atoms with Crippen LogP contribution in [0, 0.1) is 5.41 Å². The van der Waals surface area contributed by atoms with Gasteiger partial charge in [0.05, 0.1) is 11.6 Å². The average Bonchev–Trinajstić information content (AvgIpc) is 3.68. The van der Waals surface area contributed by atoms with Gasteiger partial charge in [-0.05, 0) is 116 Å². The van der Waals surface area contributed by atoms with E-state index >= 15 is 0 Å². The molecule has 0 amide bonds. The Balaban J connectivity index is 1.28. The maximum Gasteiger partial charge on any atom is 0.252 e. The largest absolute Gasteiger partial charge is 0.334 e. The number of para-hydroxylation sites is 1. The second kappa shape index (κ2) is 10.7. The molecule has 0 spiro atoms. The molecule has 11 rings (SSSR count). The molecule has 2 nitrogen and oxygen atoms in total. The topological polar surface area (TPSA) is 8.17 Å². The predicted molar refractivity (Wildman–Crippen MR) is 228 cm³/mol. The summed E-state index contributed by atoms with van der Waals surface area (Å²) < 4.78 is 2.63. The Bertz CT molecular complexity index is 2720. The molecule has 0 radical (unpaired) electrons. The minimum atomic E-state index is 0.0656. The van der Waals surface area contributed by atoms with E-state index in [-0.39, 0.29) is 23.6 Å². The average molecular weight is 685 g/mol. The van der Waals surface area contributed by atoms with Crippen LogP contribution in [-0.2, 0) is 5.41 Å². The molecule has 4 heterocycles. The van der Waals surface area contributed by atoms with E-state index in [0.717, 1.165) is 19.3 Å². The fraction of sp³-hybridized carbons (Fsp3) is 0.240. The third kappa shape index (κ3) is 4.34. The number of hydrogen-bond donors (Lipinski definition) is 0. The molecule has 53 heavy (non-hydrogen) atoms. The summed E-state index contributed by atoms with van der Waals surface area (Å²) >= 11 is 0. The summed E-state index contributed by atoms with van der Waals surface area (Å²) in [5.41, 5.74) is 22.4. The van der Waals surface area contributed by atoms with Gasteiger partial charge in [-0.3, -0.25) is 0 Å². The van der Waals surface area contributed by atoms with Crippen molar-refractivity contribution in [2.75, 3.05) is 4.90 Å². The summed E-state index contributed by atoms with van der Waals surface area (Å²) in [7, 11) is 0. The maximum absolute atomic E-state index is 2.77. The van der Waals surface area contributed by atoms with Gasteiger partial charge in [0.25, 0.3) is 6.71 Å². The van der Waals surface area contributed by atoms with Gasteiger partial charge in [0.15, 0.2) is 0 Å². The molecule has 0 saturated heterocycles. The first-order chi connectivity index (χ1) is 25.6. The van der Waals surface area contributed by atoms with E-state index in [4.69, 9.17) is 0 Å². The Morgan fingerprint density at radius 1 is 0.717 bits per heavy atom. The first-order valence-corrected chi connectivity index (χ1v) is 19.6. The van der Waals surface area contributed by atoms with E-state index in [1.54, 1.807) is 0 Å². The minimum absolute atomic E-state index is 0.0656. The van der Waals surface area contributed by atoms with Gasteiger partial charge in [-0.15, -0.1) is 0 Å². The molecule has 1 atom stereocenters. The van der Waals surface area contributed by atoms with Gasteiger partial charge in [0, 0.05) is 38.9 Å². The Morgan fingerprint density at radius 2 is 1.55 bits per heavy atom. The van der Waals surface area contributed by atoms with Crippen LogP contribution in [0.4, 0.5) is 11.4 Å². The highest BCUT2D eigenvalue weighted by atomic mass is 15.2. The number of allylic oxidation sites excluding steroid dienone is 6. The molecular formula is C50H45BN2. The Kier molecular flexibility index (Phi) is 6.29. The standard InChI is InChI=1S/C50H45BN2/c1-49(2,3)34-20-22-42-37(28-34)36-18-13-19-40-47(36)52(42)44-26-33(31-16-11-8-12-17-31)27-45-46(44)51(40)41-25-32(30-14-9-7-10-15-30)24-39-38-29-35(50(4,5)6)21-23-43(38)53(45)48(39)41/h7-9,11-14,16-22,24-29,43H,10,15,23H2,1-6H3. The van der Waals surface area contributed by atoms with E-state index in [0.29, 0.717) is 0 Å². The van der Waals surface area contributed by atoms with Crippen LogP contribution < -0.4 is 21.3 Å². The highest BCUT2D eigenvalue weighted by Gasteiger charge is 2.49. The molecule has 5 aromatic carbocycles. The lowest BCUT2D eigenvalue weighted by Crippen LogP contribution is -2.61. The summed E-state index contributed by atoms with van der Waals surface area (Å²) in [6.07, 6.45) is 15.2. The second-order valence-electron chi connectivity index (χ2n) is 18.0. The summed E-state index contributed by atoms with van der Waals surface area (Å²) in [6.45, 7) is 14.2. The van der Waals surface area contributed by atoms with Crippen molar-refractivity contribution in [3.63, 3.8) is 0 Å². The van der Waals surface area contributed by atoms with Crippen LogP contribution in [-0.4, -0.2) is 17.3 Å². The third-order valence-electron chi connectivity index (χ3n) is 12.8. The van der Waals surface area contributed by atoms with E-state index in [9.17, 15) is 0 Å². The molecule has 0 saturated carbocycles. The lowest BCUT2D eigenvalue weighted by molar-refractivity contribution is 0.511. The normalized spacial score (nSPS) is 18.2. The molecule has 0 bridgehead atoms. The fourth-order valence-electron chi connectivity index (χ4n) is 10.2. The molecule has 258 valence electrons. The first-order valence-electron chi connectivity index (χ1n) is 19.6. The summed E-state index contributed by atoms with van der Waals surface area (Å²) in [6, 6.07) is 35.8. The number of hydrogen-bond acceptors (Lipinski definition) is 1. The van der Waals surface area contributed by atoms with Crippen LogP contribution in [0.5, 0.6) is 0 Å². The maximum atomic E-state index is 2.77. The molecule has 1 unspecified atom stereocenters. The molecule has 5 aliphatic rings. The number of fused-ring (bicyclic) bond motifs is 10. The van der Waals surface area contributed by atoms with E-state index in [1.807, 2.05) is 0 Å². The highest BCUT2D eigenvalue weighted by molar-refractivity contribution is 7.00. The quantitative estimate of drug-likeness (QED) is 0.165. The second-order valence-corrected chi connectivity index (χ2v) is 18.0. The zero-order valence-electron chi connectivity index (χ0n) is 31.7. The van der Waals surface area contributed by atoms with Crippen LogP contribution in [0.25, 0.3) is 49.8 Å². The zero-order valence-corrected chi connectivity index (χ0v) is 31.7. The van der Waals surface area contributed by atoms with Crippen molar-refractivity contribution >= 4 is 67.4 Å². The Hall–Kier alpha value is -5.28. The first kappa shape index (κ1) is 31.3. The smallest absolute Gasteiger partial charge is 0.252 e. The Labute approximate surface area is 313 Å². The van der Waals surface area contributed by atoms with E-state index in [1.165, 1.54) is 99.8 Å². The molecule has 0 N–H and O–H groups in total. The molecule has 6 aromatic rings. The predicted octanol–water partition coefficient (Wildman–Crippen LogP) is 10.9. The molecule has 0 fully saturated rings. The SMILES string of the molecule is CC(C)(C)C1=CCC2C(=C1)c1cc(C3=CC=CCC3)cc3c1N2c1cc(-c2ccccc2)cc2c1B3c1cccc3c4cc(C(C)(C)C)ccc4n-2c13. The summed E-state index contributed by atoms with van der Waals surface area (Å²) in [5.74, 6) is 0. The van der Waals surface area contributed by atoms with Gasteiger partial charge < -0.3 is 9.47 Å². The summed E-state index contributed by atoms with van der Waals surface area (Å²) in [5, 5.41) is 2.70. The van der Waals surface area contributed by atoms with Crippen LogP contribution in [0.2, 0.25) is 0 Å². The van der Waals surface area contributed by atoms with Crippen molar-refractivity contribution in [1.29, 1.82) is 0 Å². The number of benzene rings is 5. The van der Waals surface area contributed by atoms with Gasteiger partial charge in [-0.2, -0.15) is 0 Å². The van der Waals surface area contributed by atoms with Crippen molar-refractivity contribution in [3.05, 3.63) is 144 Å². The molecular weight excluding hydrogens is 639 g/mol. The number of rotatable bonds is 2. The molecule has 3 aliphatic heterocycles. The van der Waals surface area contributed by atoms with Crippen LogP contribution in [0.1, 0.15) is 77.5 Å². The fourth-order valence-corrected chi connectivity index (χ4v) is 10.2. The van der Waals surface area contributed by atoms with E-state index in [2.05, 4.69) is 172 Å².